The van der Waals surface area contributed by atoms with E-state index in [-0.39, 0.29) is 0 Å². The highest BCUT2D eigenvalue weighted by molar-refractivity contribution is 4.98. The van der Waals surface area contributed by atoms with Crippen LogP contribution < -0.4 is 5.32 Å². The molecule has 1 spiro atoms. The summed E-state index contributed by atoms with van der Waals surface area (Å²) in [6.07, 6.45) is 4.27. The van der Waals surface area contributed by atoms with Crippen LogP contribution in [0, 0.1) is 0 Å². The summed E-state index contributed by atoms with van der Waals surface area (Å²) in [5.74, 6) is 0. The van der Waals surface area contributed by atoms with Crippen molar-refractivity contribution in [3.05, 3.63) is 0 Å². The first-order chi connectivity index (χ1) is 6.73. The first kappa shape index (κ1) is 10.4. The topological polar surface area (TPSA) is 15.3 Å². The van der Waals surface area contributed by atoms with Gasteiger partial charge in [-0.15, -0.1) is 0 Å². The molecule has 0 aromatic heterocycles. The predicted octanol–water partition coefficient (Wildman–Crippen LogP) is 1.56. The molecular weight excluding hydrogens is 179 g/mol. The molecule has 0 saturated carbocycles. The third-order valence-electron chi connectivity index (χ3n) is 3.75. The standard InChI is InChI=1S/C11H21FN2/c1-10(12)9-14-8-2-3-11(14)4-6-13-7-5-11/h10,13H,2-9H2,1H3. The number of piperidine rings is 1. The second kappa shape index (κ2) is 4.15. The molecule has 0 amide bonds. The second-order valence-corrected chi connectivity index (χ2v) is 4.80. The molecule has 2 nitrogen and oxygen atoms in total. The smallest absolute Gasteiger partial charge is 0.110 e. The summed E-state index contributed by atoms with van der Waals surface area (Å²) in [6.45, 7) is 5.63. The minimum Gasteiger partial charge on any atom is -0.317 e. The fourth-order valence-electron chi connectivity index (χ4n) is 3.04. The van der Waals surface area contributed by atoms with Crippen molar-refractivity contribution >= 4 is 0 Å². The van der Waals surface area contributed by atoms with E-state index in [0.29, 0.717) is 12.1 Å². The Kier molecular flexibility index (Phi) is 3.07. The molecular formula is C11H21FN2. The lowest BCUT2D eigenvalue weighted by Gasteiger charge is -2.42. The molecule has 1 atom stereocenters. The first-order valence-corrected chi connectivity index (χ1v) is 5.83. The normalized spacial score (nSPS) is 29.6. The maximum atomic E-state index is 13.0. The van der Waals surface area contributed by atoms with Crippen LogP contribution in [0.3, 0.4) is 0 Å². The highest BCUT2D eigenvalue weighted by Gasteiger charge is 2.41. The fraction of sp³-hybridized carbons (Fsp3) is 1.00. The third-order valence-corrected chi connectivity index (χ3v) is 3.75. The number of nitrogens with one attached hydrogen (secondary N) is 1. The number of hydrogen-bond donors (Lipinski definition) is 1. The van der Waals surface area contributed by atoms with Gasteiger partial charge in [0.2, 0.25) is 0 Å². The van der Waals surface area contributed by atoms with E-state index in [0.717, 1.165) is 19.6 Å². The summed E-state index contributed by atoms with van der Waals surface area (Å²) in [5.41, 5.74) is 0.353. The van der Waals surface area contributed by atoms with Gasteiger partial charge in [-0.1, -0.05) is 0 Å². The predicted molar refractivity (Wildman–Crippen MR) is 56.2 cm³/mol. The van der Waals surface area contributed by atoms with Gasteiger partial charge in [0.1, 0.15) is 6.17 Å². The van der Waals surface area contributed by atoms with E-state index in [1.807, 2.05) is 0 Å². The molecule has 2 rings (SSSR count). The average molecular weight is 200 g/mol. The number of rotatable bonds is 2. The van der Waals surface area contributed by atoms with Gasteiger partial charge in [0, 0.05) is 12.1 Å². The summed E-state index contributed by atoms with van der Waals surface area (Å²) in [5, 5.41) is 3.39. The van der Waals surface area contributed by atoms with E-state index in [4.69, 9.17) is 0 Å². The van der Waals surface area contributed by atoms with Crippen LogP contribution in [0.1, 0.15) is 32.6 Å². The van der Waals surface area contributed by atoms with Crippen LogP contribution in [0.4, 0.5) is 4.39 Å². The van der Waals surface area contributed by atoms with Crippen molar-refractivity contribution in [2.24, 2.45) is 0 Å². The third kappa shape index (κ3) is 1.94. The van der Waals surface area contributed by atoms with Crippen molar-refractivity contribution < 1.29 is 4.39 Å². The molecule has 1 unspecified atom stereocenters. The van der Waals surface area contributed by atoms with Gasteiger partial charge in [-0.3, -0.25) is 4.90 Å². The van der Waals surface area contributed by atoms with Gasteiger partial charge in [-0.25, -0.2) is 4.39 Å². The molecule has 82 valence electrons. The molecule has 0 bridgehead atoms. The minimum absolute atomic E-state index is 0.353. The van der Waals surface area contributed by atoms with E-state index < -0.39 is 6.17 Å². The number of nitrogens with zero attached hydrogens (tertiary/aromatic N) is 1. The highest BCUT2D eigenvalue weighted by atomic mass is 19.1. The van der Waals surface area contributed by atoms with E-state index in [1.165, 1.54) is 25.7 Å². The highest BCUT2D eigenvalue weighted by Crippen LogP contribution is 2.36. The van der Waals surface area contributed by atoms with Crippen molar-refractivity contribution in [3.8, 4) is 0 Å². The minimum atomic E-state index is -0.681. The molecule has 2 aliphatic heterocycles. The summed E-state index contributed by atoms with van der Waals surface area (Å²) in [4.78, 5) is 2.40. The van der Waals surface area contributed by atoms with Crippen molar-refractivity contribution in [3.63, 3.8) is 0 Å². The Balaban J connectivity index is 2.00. The van der Waals surface area contributed by atoms with Gasteiger partial charge in [-0.05, 0) is 52.2 Å². The van der Waals surface area contributed by atoms with E-state index in [9.17, 15) is 4.39 Å². The van der Waals surface area contributed by atoms with Crippen LogP contribution in [0.15, 0.2) is 0 Å². The zero-order valence-corrected chi connectivity index (χ0v) is 9.06. The van der Waals surface area contributed by atoms with Crippen molar-refractivity contribution in [2.45, 2.75) is 44.3 Å². The van der Waals surface area contributed by atoms with Gasteiger partial charge in [0.05, 0.1) is 0 Å². The monoisotopic (exact) mass is 200 g/mol. The summed E-state index contributed by atoms with van der Waals surface area (Å²) in [7, 11) is 0. The Morgan fingerprint density at radius 1 is 1.36 bits per heavy atom. The number of halogens is 1. The van der Waals surface area contributed by atoms with Crippen molar-refractivity contribution in [2.75, 3.05) is 26.2 Å². The van der Waals surface area contributed by atoms with Gasteiger partial charge >= 0.3 is 0 Å². The van der Waals surface area contributed by atoms with E-state index >= 15 is 0 Å². The molecule has 1 N–H and O–H groups in total. The Hall–Kier alpha value is -0.150. The first-order valence-electron chi connectivity index (χ1n) is 5.83. The number of hydrogen-bond acceptors (Lipinski definition) is 2. The van der Waals surface area contributed by atoms with Crippen molar-refractivity contribution in [1.82, 2.24) is 10.2 Å². The lowest BCUT2D eigenvalue weighted by molar-refractivity contribution is 0.0768. The van der Waals surface area contributed by atoms with Crippen LogP contribution in [0.25, 0.3) is 0 Å². The quantitative estimate of drug-likeness (QED) is 0.728. The second-order valence-electron chi connectivity index (χ2n) is 4.80. The molecule has 14 heavy (non-hydrogen) atoms. The number of likely N-dealkylation sites (tertiary alicyclic amines) is 1. The Morgan fingerprint density at radius 2 is 2.07 bits per heavy atom. The molecule has 2 fully saturated rings. The number of alkyl halides is 1. The Labute approximate surface area is 85.9 Å². The maximum Gasteiger partial charge on any atom is 0.110 e. The Morgan fingerprint density at radius 3 is 2.71 bits per heavy atom. The zero-order chi connectivity index (χ0) is 10.0. The van der Waals surface area contributed by atoms with Gasteiger partial charge in [0.25, 0.3) is 0 Å². The van der Waals surface area contributed by atoms with Gasteiger partial charge < -0.3 is 5.32 Å². The molecule has 0 aliphatic carbocycles. The molecule has 0 aromatic carbocycles. The molecule has 3 heteroatoms. The molecule has 0 radical (unpaired) electrons. The van der Waals surface area contributed by atoms with Crippen molar-refractivity contribution in [1.29, 1.82) is 0 Å². The van der Waals surface area contributed by atoms with Crippen LogP contribution in [-0.4, -0.2) is 42.8 Å². The van der Waals surface area contributed by atoms with E-state index in [2.05, 4.69) is 10.2 Å². The molecule has 0 aromatic rings. The lowest BCUT2D eigenvalue weighted by Crippen LogP contribution is -2.52. The zero-order valence-electron chi connectivity index (χ0n) is 9.06. The van der Waals surface area contributed by atoms with E-state index in [1.54, 1.807) is 6.92 Å². The fourth-order valence-corrected chi connectivity index (χ4v) is 3.04. The largest absolute Gasteiger partial charge is 0.317 e. The summed E-state index contributed by atoms with van der Waals surface area (Å²) < 4.78 is 13.0. The van der Waals surface area contributed by atoms with Gasteiger partial charge in [0.15, 0.2) is 0 Å². The summed E-state index contributed by atoms with van der Waals surface area (Å²) in [6, 6.07) is 0. The van der Waals surface area contributed by atoms with Crippen LogP contribution in [0.2, 0.25) is 0 Å². The van der Waals surface area contributed by atoms with Gasteiger partial charge in [-0.2, -0.15) is 0 Å². The van der Waals surface area contributed by atoms with Crippen LogP contribution >= 0.6 is 0 Å². The molecule has 2 saturated heterocycles. The average Bonchev–Trinajstić information content (AvgIpc) is 2.50. The maximum absolute atomic E-state index is 13.0. The summed E-state index contributed by atoms with van der Waals surface area (Å²) >= 11 is 0. The SMILES string of the molecule is CC(F)CN1CCCC12CCNCC2. The molecule has 2 heterocycles. The van der Waals surface area contributed by atoms with Crippen LogP contribution in [0.5, 0.6) is 0 Å². The van der Waals surface area contributed by atoms with Crippen LogP contribution in [-0.2, 0) is 0 Å². The lowest BCUT2D eigenvalue weighted by atomic mass is 9.85. The Bertz CT molecular complexity index is 188. The molecule has 2 aliphatic rings.